The summed E-state index contributed by atoms with van der Waals surface area (Å²) in [7, 11) is 0. The highest BCUT2D eigenvalue weighted by atomic mass is 19.1. The second kappa shape index (κ2) is 8.47. The lowest BCUT2D eigenvalue weighted by Gasteiger charge is -2.26. The highest BCUT2D eigenvalue weighted by molar-refractivity contribution is 6.51. The molecule has 32 heavy (non-hydrogen) atoms. The molecule has 2 amide bonds. The Labute approximate surface area is 183 Å². The molecular formula is C25H19FN2O4. The molecule has 0 radical (unpaired) electrons. The minimum absolute atomic E-state index is 0.0788. The Kier molecular flexibility index (Phi) is 5.55. The molecule has 4 rings (SSSR count). The first-order valence-corrected chi connectivity index (χ1v) is 9.87. The molecule has 2 N–H and O–H groups in total. The number of nitrogens with one attached hydrogen (secondary N) is 1. The Hall–Kier alpha value is -4.26. The number of aliphatic hydroxyl groups is 1. The molecule has 160 valence electrons. The number of amides is 2. The van der Waals surface area contributed by atoms with Crippen LogP contribution in [0.15, 0.2) is 84.4 Å². The fourth-order valence-electron chi connectivity index (χ4n) is 3.75. The predicted octanol–water partition coefficient (Wildman–Crippen LogP) is 4.41. The third-order valence-corrected chi connectivity index (χ3v) is 5.16. The molecule has 1 atom stereocenters. The van der Waals surface area contributed by atoms with E-state index < -0.39 is 23.5 Å². The quantitative estimate of drug-likeness (QED) is 0.365. The lowest BCUT2D eigenvalue weighted by atomic mass is 9.94. The first-order chi connectivity index (χ1) is 15.4. The number of hydrogen-bond acceptors (Lipinski definition) is 4. The van der Waals surface area contributed by atoms with Crippen molar-refractivity contribution in [1.29, 1.82) is 0 Å². The fourth-order valence-corrected chi connectivity index (χ4v) is 3.75. The zero-order valence-corrected chi connectivity index (χ0v) is 17.1. The number of nitrogens with zero attached hydrogens (tertiary/aromatic N) is 1. The van der Waals surface area contributed by atoms with Crippen LogP contribution in [0.3, 0.4) is 0 Å². The van der Waals surface area contributed by atoms with Crippen molar-refractivity contribution in [2.75, 3.05) is 10.2 Å². The van der Waals surface area contributed by atoms with Gasteiger partial charge in [-0.15, -0.1) is 0 Å². The maximum Gasteiger partial charge on any atom is 0.300 e. The minimum Gasteiger partial charge on any atom is -0.507 e. The third kappa shape index (κ3) is 3.76. The normalized spacial score (nSPS) is 17.4. The molecule has 1 fully saturated rings. The van der Waals surface area contributed by atoms with Gasteiger partial charge in [0, 0.05) is 29.4 Å². The van der Waals surface area contributed by atoms with Gasteiger partial charge in [-0.05, 0) is 30.3 Å². The van der Waals surface area contributed by atoms with E-state index in [9.17, 15) is 23.9 Å². The molecule has 0 aliphatic carbocycles. The second-order valence-electron chi connectivity index (χ2n) is 7.28. The number of rotatable bonds is 4. The van der Waals surface area contributed by atoms with Crippen LogP contribution < -0.4 is 10.2 Å². The SMILES string of the molecule is CC(=O)Nc1ccc(N2C(=O)C(=O)/C(=C(/O)c3ccccc3)C2c2ccccc2F)cc1. The first-order valence-electron chi connectivity index (χ1n) is 9.87. The van der Waals surface area contributed by atoms with Gasteiger partial charge in [0.1, 0.15) is 11.6 Å². The fraction of sp³-hybridized carbons (Fsp3) is 0.0800. The van der Waals surface area contributed by atoms with Gasteiger partial charge < -0.3 is 10.4 Å². The lowest BCUT2D eigenvalue weighted by Crippen LogP contribution is -2.29. The van der Waals surface area contributed by atoms with Crippen LogP contribution in [-0.4, -0.2) is 22.7 Å². The van der Waals surface area contributed by atoms with E-state index in [-0.39, 0.29) is 22.8 Å². The summed E-state index contributed by atoms with van der Waals surface area (Å²) in [5, 5.41) is 13.6. The number of benzene rings is 3. The Morgan fingerprint density at radius 1 is 0.938 bits per heavy atom. The zero-order valence-electron chi connectivity index (χ0n) is 17.1. The van der Waals surface area contributed by atoms with Crippen LogP contribution in [0.4, 0.5) is 15.8 Å². The molecule has 0 spiro atoms. The Morgan fingerprint density at radius 2 is 1.56 bits per heavy atom. The van der Waals surface area contributed by atoms with Gasteiger partial charge in [-0.1, -0.05) is 48.5 Å². The second-order valence-corrected chi connectivity index (χ2v) is 7.28. The van der Waals surface area contributed by atoms with Crippen molar-refractivity contribution >= 4 is 34.7 Å². The molecule has 1 aliphatic heterocycles. The van der Waals surface area contributed by atoms with Gasteiger partial charge in [-0.25, -0.2) is 4.39 Å². The van der Waals surface area contributed by atoms with Crippen LogP contribution in [0.2, 0.25) is 0 Å². The highest BCUT2D eigenvalue weighted by Gasteiger charge is 2.47. The summed E-state index contributed by atoms with van der Waals surface area (Å²) < 4.78 is 14.8. The lowest BCUT2D eigenvalue weighted by molar-refractivity contribution is -0.132. The zero-order chi connectivity index (χ0) is 22.8. The summed E-state index contributed by atoms with van der Waals surface area (Å²) in [5.74, 6) is -3.05. The summed E-state index contributed by atoms with van der Waals surface area (Å²) in [6, 6.07) is 19.2. The molecule has 0 bridgehead atoms. The van der Waals surface area contributed by atoms with Gasteiger partial charge in [-0.2, -0.15) is 0 Å². The monoisotopic (exact) mass is 430 g/mol. The number of ketones is 1. The van der Waals surface area contributed by atoms with Gasteiger partial charge in [0.25, 0.3) is 11.7 Å². The summed E-state index contributed by atoms with van der Waals surface area (Å²) in [5.41, 5.74) is 1.05. The topological polar surface area (TPSA) is 86.7 Å². The first kappa shape index (κ1) is 21.0. The van der Waals surface area contributed by atoms with Gasteiger partial charge >= 0.3 is 0 Å². The van der Waals surface area contributed by atoms with Gasteiger partial charge in [0.2, 0.25) is 5.91 Å². The van der Waals surface area contributed by atoms with E-state index in [1.54, 1.807) is 60.7 Å². The van der Waals surface area contributed by atoms with Crippen molar-refractivity contribution in [2.45, 2.75) is 13.0 Å². The highest BCUT2D eigenvalue weighted by Crippen LogP contribution is 2.43. The predicted molar refractivity (Wildman–Crippen MR) is 118 cm³/mol. The van der Waals surface area contributed by atoms with E-state index >= 15 is 0 Å². The van der Waals surface area contributed by atoms with Crippen LogP contribution in [0, 0.1) is 5.82 Å². The molecule has 3 aromatic rings. The van der Waals surface area contributed by atoms with Crippen LogP contribution in [-0.2, 0) is 14.4 Å². The maximum absolute atomic E-state index is 14.8. The van der Waals surface area contributed by atoms with Crippen molar-refractivity contribution in [2.24, 2.45) is 0 Å². The Morgan fingerprint density at radius 3 is 2.19 bits per heavy atom. The van der Waals surface area contributed by atoms with Gasteiger partial charge in [-0.3, -0.25) is 19.3 Å². The van der Waals surface area contributed by atoms with Crippen molar-refractivity contribution < 1.29 is 23.9 Å². The van der Waals surface area contributed by atoms with Crippen LogP contribution in [0.25, 0.3) is 5.76 Å². The average molecular weight is 430 g/mol. The molecule has 1 unspecified atom stereocenters. The van der Waals surface area contributed by atoms with E-state index in [0.717, 1.165) is 4.90 Å². The summed E-state index contributed by atoms with van der Waals surface area (Å²) >= 11 is 0. The van der Waals surface area contributed by atoms with Crippen molar-refractivity contribution in [3.05, 3.63) is 101 Å². The largest absolute Gasteiger partial charge is 0.507 e. The number of hydrogen-bond donors (Lipinski definition) is 2. The number of aliphatic hydroxyl groups excluding tert-OH is 1. The maximum atomic E-state index is 14.8. The molecule has 0 aromatic heterocycles. The molecule has 1 heterocycles. The summed E-state index contributed by atoms with van der Waals surface area (Å²) in [6.07, 6.45) is 0. The van der Waals surface area contributed by atoms with E-state index in [1.165, 1.54) is 25.1 Å². The van der Waals surface area contributed by atoms with Crippen molar-refractivity contribution in [3.63, 3.8) is 0 Å². The molecule has 1 saturated heterocycles. The summed E-state index contributed by atoms with van der Waals surface area (Å²) in [4.78, 5) is 38.5. The molecule has 0 saturated carbocycles. The van der Waals surface area contributed by atoms with Gasteiger partial charge in [0.15, 0.2) is 0 Å². The molecule has 7 heteroatoms. The molecular weight excluding hydrogens is 411 g/mol. The number of halogens is 1. The van der Waals surface area contributed by atoms with Crippen LogP contribution >= 0.6 is 0 Å². The van der Waals surface area contributed by atoms with Crippen LogP contribution in [0.1, 0.15) is 24.1 Å². The minimum atomic E-state index is -1.16. The molecule has 6 nitrogen and oxygen atoms in total. The number of anilines is 2. The van der Waals surface area contributed by atoms with E-state index in [4.69, 9.17) is 0 Å². The Bertz CT molecular complexity index is 1240. The number of carbonyl (C=O) groups is 3. The van der Waals surface area contributed by atoms with Crippen LogP contribution in [0.5, 0.6) is 0 Å². The van der Waals surface area contributed by atoms with E-state index in [0.29, 0.717) is 16.9 Å². The molecule has 1 aliphatic rings. The average Bonchev–Trinajstić information content (AvgIpc) is 3.05. The molecule has 3 aromatic carbocycles. The van der Waals surface area contributed by atoms with Gasteiger partial charge in [0.05, 0.1) is 11.6 Å². The number of carbonyl (C=O) groups excluding carboxylic acids is 3. The smallest absolute Gasteiger partial charge is 0.300 e. The van der Waals surface area contributed by atoms with E-state index in [2.05, 4.69) is 5.32 Å². The van der Waals surface area contributed by atoms with Crippen molar-refractivity contribution in [3.8, 4) is 0 Å². The van der Waals surface area contributed by atoms with Crippen molar-refractivity contribution in [1.82, 2.24) is 0 Å². The standard InChI is InChI=1S/C25H19FN2O4/c1-15(29)27-17-11-13-18(14-12-17)28-22(19-9-5-6-10-20(19)26)21(24(31)25(28)32)23(30)16-7-3-2-4-8-16/h2-14,22,30H,1H3,(H,27,29)/b23-21+. The Balaban J connectivity index is 1.89. The number of Topliss-reactive ketones (excluding diaryl/α,β-unsaturated/α-hetero) is 1. The third-order valence-electron chi connectivity index (χ3n) is 5.16. The summed E-state index contributed by atoms with van der Waals surface area (Å²) in [6.45, 7) is 1.37. The van der Waals surface area contributed by atoms with E-state index in [1.807, 2.05) is 0 Å².